The number of carbonyl (C=O) groups is 1. The zero-order valence-corrected chi connectivity index (χ0v) is 13.2. The fourth-order valence-electron chi connectivity index (χ4n) is 2.84. The summed E-state index contributed by atoms with van der Waals surface area (Å²) >= 11 is 0. The first-order valence-electron chi connectivity index (χ1n) is 7.75. The van der Waals surface area contributed by atoms with Crippen LogP contribution in [0.25, 0.3) is 11.3 Å². The van der Waals surface area contributed by atoms with E-state index in [2.05, 4.69) is 15.4 Å². The maximum Gasteiger partial charge on any atom is 0.355 e. The molecule has 124 valence electrons. The highest BCUT2D eigenvalue weighted by molar-refractivity contribution is 5.93. The topological polar surface area (TPSA) is 84.5 Å². The van der Waals surface area contributed by atoms with Gasteiger partial charge in [-0.05, 0) is 29.8 Å². The minimum Gasteiger partial charge on any atom is -0.476 e. The molecule has 1 aromatic carbocycles. The Kier molecular flexibility index (Phi) is 3.66. The maximum atomic E-state index is 11.7. The van der Waals surface area contributed by atoms with Crippen molar-refractivity contribution < 1.29 is 9.90 Å². The smallest absolute Gasteiger partial charge is 0.355 e. The molecule has 0 bridgehead atoms. The van der Waals surface area contributed by atoms with Gasteiger partial charge in [0.15, 0.2) is 5.69 Å². The maximum absolute atomic E-state index is 11.7. The number of rotatable bonds is 5. The third-order valence-electron chi connectivity index (χ3n) is 3.98. The summed E-state index contributed by atoms with van der Waals surface area (Å²) in [4.78, 5) is 15.8. The summed E-state index contributed by atoms with van der Waals surface area (Å²) in [5.41, 5.74) is 3.24. The van der Waals surface area contributed by atoms with E-state index in [1.54, 1.807) is 39.8 Å². The van der Waals surface area contributed by atoms with Crippen LogP contribution in [0.15, 0.2) is 67.3 Å². The number of hydrogen-bond donors (Lipinski definition) is 2. The van der Waals surface area contributed by atoms with Crippen molar-refractivity contribution in [1.29, 1.82) is 0 Å². The van der Waals surface area contributed by atoms with Crippen molar-refractivity contribution in [2.24, 2.45) is 0 Å². The van der Waals surface area contributed by atoms with Crippen LogP contribution in [0.1, 0.15) is 16.1 Å². The molecule has 0 saturated carbocycles. The first kappa shape index (κ1) is 14.9. The van der Waals surface area contributed by atoms with E-state index in [1.165, 1.54) is 0 Å². The Bertz CT molecular complexity index is 1040. The number of para-hydroxylation sites is 1. The zero-order chi connectivity index (χ0) is 17.2. The molecular weight excluding hydrogens is 318 g/mol. The number of carboxylic acid groups (broad SMARTS) is 1. The predicted molar refractivity (Wildman–Crippen MR) is 93.0 cm³/mol. The summed E-state index contributed by atoms with van der Waals surface area (Å²) in [6.07, 6.45) is 6.82. The Morgan fingerprint density at radius 3 is 2.76 bits per heavy atom. The number of fused-ring (bicyclic) bond motifs is 1. The van der Waals surface area contributed by atoms with Gasteiger partial charge in [-0.2, -0.15) is 5.10 Å². The Hall–Kier alpha value is -3.61. The van der Waals surface area contributed by atoms with Crippen LogP contribution in [0, 0.1) is 0 Å². The van der Waals surface area contributed by atoms with E-state index in [0.717, 1.165) is 11.3 Å². The SMILES string of the molecule is O=C(O)c1c(NCc2ccccc2-n2cccn2)ccc2nccn12. The van der Waals surface area contributed by atoms with Gasteiger partial charge < -0.3 is 10.4 Å². The molecule has 0 atom stereocenters. The Labute approximate surface area is 143 Å². The predicted octanol–water partition coefficient (Wildman–Crippen LogP) is 2.83. The molecule has 4 aromatic rings. The highest BCUT2D eigenvalue weighted by Gasteiger charge is 2.15. The number of nitrogens with zero attached hydrogens (tertiary/aromatic N) is 4. The fourth-order valence-corrected chi connectivity index (χ4v) is 2.84. The van der Waals surface area contributed by atoms with Crippen molar-refractivity contribution in [2.45, 2.75) is 6.54 Å². The second-order valence-corrected chi connectivity index (χ2v) is 5.49. The molecule has 3 aromatic heterocycles. The molecule has 7 nitrogen and oxygen atoms in total. The van der Waals surface area contributed by atoms with E-state index in [9.17, 15) is 9.90 Å². The van der Waals surface area contributed by atoms with E-state index in [0.29, 0.717) is 17.9 Å². The van der Waals surface area contributed by atoms with Gasteiger partial charge in [0.2, 0.25) is 0 Å². The van der Waals surface area contributed by atoms with Crippen LogP contribution in [-0.4, -0.2) is 30.2 Å². The molecule has 0 aliphatic rings. The molecule has 0 amide bonds. The molecule has 25 heavy (non-hydrogen) atoms. The van der Waals surface area contributed by atoms with Crippen LogP contribution >= 0.6 is 0 Å². The third kappa shape index (κ3) is 2.72. The number of aromatic carboxylic acids is 1. The molecule has 3 heterocycles. The Morgan fingerprint density at radius 2 is 1.96 bits per heavy atom. The van der Waals surface area contributed by atoms with Crippen molar-refractivity contribution in [2.75, 3.05) is 5.32 Å². The summed E-state index contributed by atoms with van der Waals surface area (Å²) in [6, 6.07) is 13.2. The van der Waals surface area contributed by atoms with Gasteiger partial charge in [-0.25, -0.2) is 14.5 Å². The van der Waals surface area contributed by atoms with Crippen molar-refractivity contribution in [3.05, 3.63) is 78.5 Å². The van der Waals surface area contributed by atoms with Crippen molar-refractivity contribution >= 4 is 17.3 Å². The van der Waals surface area contributed by atoms with Crippen molar-refractivity contribution in [1.82, 2.24) is 19.2 Å². The van der Waals surface area contributed by atoms with Crippen LogP contribution < -0.4 is 5.32 Å². The van der Waals surface area contributed by atoms with E-state index < -0.39 is 5.97 Å². The normalized spacial score (nSPS) is 10.9. The lowest BCUT2D eigenvalue weighted by molar-refractivity contribution is 0.0690. The number of aromatic nitrogens is 4. The molecule has 0 aliphatic carbocycles. The van der Waals surface area contributed by atoms with Gasteiger partial charge in [-0.1, -0.05) is 18.2 Å². The highest BCUT2D eigenvalue weighted by Crippen LogP contribution is 2.20. The van der Waals surface area contributed by atoms with E-state index in [4.69, 9.17) is 0 Å². The number of carboxylic acids is 1. The highest BCUT2D eigenvalue weighted by atomic mass is 16.4. The number of benzene rings is 1. The molecule has 0 spiro atoms. The minimum absolute atomic E-state index is 0.159. The van der Waals surface area contributed by atoms with E-state index in [1.807, 2.05) is 36.5 Å². The first-order chi connectivity index (χ1) is 12.2. The van der Waals surface area contributed by atoms with E-state index in [-0.39, 0.29) is 5.69 Å². The van der Waals surface area contributed by atoms with Gasteiger partial charge in [-0.15, -0.1) is 0 Å². The van der Waals surface area contributed by atoms with Crippen molar-refractivity contribution in [3.8, 4) is 5.69 Å². The minimum atomic E-state index is -1.01. The number of imidazole rings is 1. The lowest BCUT2D eigenvalue weighted by atomic mass is 10.1. The van der Waals surface area contributed by atoms with Crippen LogP contribution in [-0.2, 0) is 6.54 Å². The Morgan fingerprint density at radius 1 is 1.08 bits per heavy atom. The van der Waals surface area contributed by atoms with Crippen LogP contribution in [0.2, 0.25) is 0 Å². The third-order valence-corrected chi connectivity index (χ3v) is 3.98. The van der Waals surface area contributed by atoms with E-state index >= 15 is 0 Å². The average Bonchev–Trinajstić information content (AvgIpc) is 3.30. The molecule has 7 heteroatoms. The molecule has 0 radical (unpaired) electrons. The second-order valence-electron chi connectivity index (χ2n) is 5.49. The molecule has 4 rings (SSSR count). The average molecular weight is 333 g/mol. The van der Waals surface area contributed by atoms with Crippen molar-refractivity contribution in [3.63, 3.8) is 0 Å². The van der Waals surface area contributed by atoms with Gasteiger partial charge in [-0.3, -0.25) is 4.40 Å². The van der Waals surface area contributed by atoms with Gasteiger partial charge in [0.1, 0.15) is 5.65 Å². The first-order valence-corrected chi connectivity index (χ1v) is 7.75. The van der Waals surface area contributed by atoms with Crippen LogP contribution in [0.4, 0.5) is 5.69 Å². The summed E-state index contributed by atoms with van der Waals surface area (Å²) in [5.74, 6) is -1.01. The number of anilines is 1. The lowest BCUT2D eigenvalue weighted by Crippen LogP contribution is -2.12. The molecule has 2 N–H and O–H groups in total. The number of pyridine rings is 1. The number of hydrogen-bond acceptors (Lipinski definition) is 4. The molecule has 0 aliphatic heterocycles. The van der Waals surface area contributed by atoms with Gasteiger partial charge in [0.25, 0.3) is 0 Å². The zero-order valence-electron chi connectivity index (χ0n) is 13.2. The van der Waals surface area contributed by atoms with Crippen LogP contribution in [0.5, 0.6) is 0 Å². The Balaban J connectivity index is 1.68. The largest absolute Gasteiger partial charge is 0.476 e. The molecule has 0 unspecified atom stereocenters. The summed E-state index contributed by atoms with van der Waals surface area (Å²) in [6.45, 7) is 0.469. The van der Waals surface area contributed by atoms with Gasteiger partial charge in [0.05, 0.1) is 11.4 Å². The number of nitrogens with one attached hydrogen (secondary N) is 1. The standard InChI is InChI=1S/C18H15N5O2/c24-18(25)17-14(6-7-16-19-9-11-22(16)17)20-12-13-4-1-2-5-15(13)23-10-3-8-21-23/h1-11,20H,12H2,(H,24,25). The summed E-state index contributed by atoms with van der Waals surface area (Å²) in [5, 5.41) is 17.1. The summed E-state index contributed by atoms with van der Waals surface area (Å²) < 4.78 is 3.35. The summed E-state index contributed by atoms with van der Waals surface area (Å²) in [7, 11) is 0. The van der Waals surface area contributed by atoms with Gasteiger partial charge >= 0.3 is 5.97 Å². The monoisotopic (exact) mass is 333 g/mol. The van der Waals surface area contributed by atoms with Gasteiger partial charge in [0, 0.05) is 31.3 Å². The molecular formula is C18H15N5O2. The fraction of sp³-hybridized carbons (Fsp3) is 0.0556. The van der Waals surface area contributed by atoms with Crippen LogP contribution in [0.3, 0.4) is 0 Å². The second kappa shape index (κ2) is 6.12. The quantitative estimate of drug-likeness (QED) is 0.587. The molecule has 0 saturated heterocycles. The molecule has 0 fully saturated rings. The lowest BCUT2D eigenvalue weighted by Gasteiger charge is -2.14.